The molecule has 1 amide bonds. The molecule has 0 saturated carbocycles. The molecule has 118 valence electrons. The van der Waals surface area contributed by atoms with Gasteiger partial charge in [0, 0.05) is 10.2 Å². The maximum atomic E-state index is 12.2. The summed E-state index contributed by atoms with van der Waals surface area (Å²) >= 11 is 4.54. The number of amides is 1. The zero-order chi connectivity index (χ0) is 16.2. The molecule has 0 fully saturated rings. The molecule has 1 atom stereocenters. The second-order valence-electron chi connectivity index (χ2n) is 4.61. The summed E-state index contributed by atoms with van der Waals surface area (Å²) in [4.78, 5) is 12.2. The minimum absolute atomic E-state index is 0.143. The number of carbonyl (C=O) groups is 1. The van der Waals surface area contributed by atoms with Crippen molar-refractivity contribution in [3.8, 4) is 11.7 Å². The molecule has 3 aromatic rings. The molecule has 6 nitrogen and oxygen atoms in total. The van der Waals surface area contributed by atoms with Crippen LogP contribution in [0.2, 0.25) is 0 Å². The fourth-order valence-corrected chi connectivity index (χ4v) is 2.69. The highest BCUT2D eigenvalue weighted by molar-refractivity contribution is 9.10. The third-order valence-electron chi connectivity index (χ3n) is 2.90. The molecular weight excluding hydrogens is 382 g/mol. The van der Waals surface area contributed by atoms with Crippen molar-refractivity contribution in [2.45, 2.75) is 17.4 Å². The predicted molar refractivity (Wildman–Crippen MR) is 90.1 cm³/mol. The van der Waals surface area contributed by atoms with Gasteiger partial charge in [0.15, 0.2) is 5.76 Å². The number of carbonyl (C=O) groups excluding carboxylic acids is 1. The van der Waals surface area contributed by atoms with E-state index < -0.39 is 0 Å². The number of thioether (sulfide) groups is 1. The van der Waals surface area contributed by atoms with E-state index in [1.165, 1.54) is 18.0 Å². The number of nitrogens with one attached hydrogen (secondary N) is 1. The Balaban J connectivity index is 1.61. The van der Waals surface area contributed by atoms with Crippen molar-refractivity contribution in [1.29, 1.82) is 0 Å². The first-order valence-electron chi connectivity index (χ1n) is 6.72. The van der Waals surface area contributed by atoms with Crippen LogP contribution in [-0.4, -0.2) is 21.4 Å². The number of nitrogens with zero attached hydrogens (tertiary/aromatic N) is 2. The molecule has 0 aliphatic heterocycles. The fraction of sp³-hybridized carbons (Fsp3) is 0.133. The fourth-order valence-electron chi connectivity index (χ4n) is 1.74. The van der Waals surface area contributed by atoms with Gasteiger partial charge in [-0.3, -0.25) is 4.79 Å². The first kappa shape index (κ1) is 15.8. The first-order chi connectivity index (χ1) is 11.1. The molecule has 23 heavy (non-hydrogen) atoms. The van der Waals surface area contributed by atoms with Crippen molar-refractivity contribution in [2.75, 3.05) is 5.32 Å². The predicted octanol–water partition coefficient (Wildman–Crippen LogP) is 4.21. The Morgan fingerprint density at radius 3 is 2.74 bits per heavy atom. The topological polar surface area (TPSA) is 81.2 Å². The number of benzene rings is 1. The van der Waals surface area contributed by atoms with E-state index in [9.17, 15) is 4.79 Å². The average Bonchev–Trinajstić information content (AvgIpc) is 3.20. The molecule has 8 heteroatoms. The van der Waals surface area contributed by atoms with Crippen molar-refractivity contribution in [3.05, 3.63) is 47.1 Å². The van der Waals surface area contributed by atoms with Gasteiger partial charge in [-0.1, -0.05) is 27.7 Å². The Bertz CT molecular complexity index is 787. The van der Waals surface area contributed by atoms with E-state index in [0.717, 1.165) is 10.2 Å². The van der Waals surface area contributed by atoms with Gasteiger partial charge in [0.1, 0.15) is 0 Å². The molecule has 2 aromatic heterocycles. The van der Waals surface area contributed by atoms with Gasteiger partial charge in [-0.2, -0.15) is 0 Å². The van der Waals surface area contributed by atoms with Crippen molar-refractivity contribution in [3.63, 3.8) is 0 Å². The lowest BCUT2D eigenvalue weighted by Gasteiger charge is -2.09. The highest BCUT2D eigenvalue weighted by atomic mass is 79.9. The molecule has 3 rings (SSSR count). The van der Waals surface area contributed by atoms with E-state index in [4.69, 9.17) is 8.83 Å². The molecule has 0 spiro atoms. The van der Waals surface area contributed by atoms with Gasteiger partial charge in [-0.05, 0) is 43.3 Å². The normalized spacial score (nSPS) is 12.1. The summed E-state index contributed by atoms with van der Waals surface area (Å²) in [7, 11) is 0. The van der Waals surface area contributed by atoms with Crippen LogP contribution in [0, 0.1) is 0 Å². The summed E-state index contributed by atoms with van der Waals surface area (Å²) < 4.78 is 11.6. The second-order valence-corrected chi connectivity index (χ2v) is 6.81. The van der Waals surface area contributed by atoms with Crippen LogP contribution in [0.4, 0.5) is 5.69 Å². The molecule has 0 unspecified atom stereocenters. The van der Waals surface area contributed by atoms with Crippen molar-refractivity contribution >= 4 is 39.3 Å². The summed E-state index contributed by atoms with van der Waals surface area (Å²) in [6.07, 6.45) is 1.53. The van der Waals surface area contributed by atoms with Crippen molar-refractivity contribution < 1.29 is 13.6 Å². The molecule has 2 heterocycles. The van der Waals surface area contributed by atoms with Gasteiger partial charge < -0.3 is 14.2 Å². The van der Waals surface area contributed by atoms with Crippen LogP contribution in [0.3, 0.4) is 0 Å². The quantitative estimate of drug-likeness (QED) is 0.653. The van der Waals surface area contributed by atoms with Crippen LogP contribution in [0.15, 0.2) is 61.2 Å². The first-order valence-corrected chi connectivity index (χ1v) is 8.39. The minimum Gasteiger partial charge on any atom is -0.459 e. The highest BCUT2D eigenvalue weighted by Gasteiger charge is 2.19. The zero-order valence-corrected chi connectivity index (χ0v) is 14.4. The Kier molecular flexibility index (Phi) is 4.82. The monoisotopic (exact) mass is 393 g/mol. The number of rotatable bonds is 5. The largest absolute Gasteiger partial charge is 0.459 e. The number of anilines is 1. The molecule has 1 N–H and O–H groups in total. The Morgan fingerprint density at radius 1 is 1.26 bits per heavy atom. The third kappa shape index (κ3) is 4.02. The van der Waals surface area contributed by atoms with Gasteiger partial charge in [-0.25, -0.2) is 0 Å². The zero-order valence-electron chi connectivity index (χ0n) is 12.0. The number of hydrogen-bond donors (Lipinski definition) is 1. The summed E-state index contributed by atoms with van der Waals surface area (Å²) in [6.45, 7) is 1.77. The number of aromatic nitrogens is 2. The standard InChI is InChI=1S/C15H12BrN3O3S/c1-9(13(20)17-11-6-4-10(16)5-7-11)23-15-19-18-14(22-15)12-3-2-8-21-12/h2-9H,1H3,(H,17,20)/t9-/m0/s1. The van der Waals surface area contributed by atoms with Crippen LogP contribution >= 0.6 is 27.7 Å². The SMILES string of the molecule is C[C@H](Sc1nnc(-c2ccco2)o1)C(=O)Nc1ccc(Br)cc1. The lowest BCUT2D eigenvalue weighted by molar-refractivity contribution is -0.115. The molecular formula is C15H12BrN3O3S. The van der Waals surface area contributed by atoms with Crippen LogP contribution in [-0.2, 0) is 4.79 Å². The summed E-state index contributed by atoms with van der Waals surface area (Å²) in [6, 6.07) is 10.8. The molecule has 1 aromatic carbocycles. The number of halogens is 1. The molecule has 0 saturated heterocycles. The summed E-state index contributed by atoms with van der Waals surface area (Å²) in [5.41, 5.74) is 0.729. The lowest BCUT2D eigenvalue weighted by atomic mass is 10.3. The maximum absolute atomic E-state index is 12.2. The van der Waals surface area contributed by atoms with E-state index in [2.05, 4.69) is 31.4 Å². The van der Waals surface area contributed by atoms with Crippen LogP contribution in [0.1, 0.15) is 6.92 Å². The van der Waals surface area contributed by atoms with Gasteiger partial charge in [0.2, 0.25) is 5.91 Å². The lowest BCUT2D eigenvalue weighted by Crippen LogP contribution is -2.22. The summed E-state index contributed by atoms with van der Waals surface area (Å²) in [5, 5.41) is 10.6. The Morgan fingerprint density at radius 2 is 2.04 bits per heavy atom. The Labute approximate surface area is 144 Å². The van der Waals surface area contributed by atoms with E-state index in [-0.39, 0.29) is 17.0 Å². The van der Waals surface area contributed by atoms with Crippen LogP contribution in [0.5, 0.6) is 0 Å². The maximum Gasteiger partial charge on any atom is 0.284 e. The van der Waals surface area contributed by atoms with E-state index in [0.29, 0.717) is 11.0 Å². The minimum atomic E-state index is -0.386. The Hall–Kier alpha value is -2.06. The van der Waals surface area contributed by atoms with Crippen LogP contribution in [0.25, 0.3) is 11.7 Å². The van der Waals surface area contributed by atoms with E-state index >= 15 is 0 Å². The summed E-state index contributed by atoms with van der Waals surface area (Å²) in [5.74, 6) is 0.643. The second kappa shape index (κ2) is 7.01. The van der Waals surface area contributed by atoms with Gasteiger partial charge in [-0.15, -0.1) is 10.2 Å². The number of furan rings is 1. The van der Waals surface area contributed by atoms with E-state index in [1.807, 2.05) is 24.3 Å². The third-order valence-corrected chi connectivity index (χ3v) is 4.36. The highest BCUT2D eigenvalue weighted by Crippen LogP contribution is 2.27. The van der Waals surface area contributed by atoms with Gasteiger partial charge in [0.25, 0.3) is 11.1 Å². The molecule has 0 aliphatic rings. The van der Waals surface area contributed by atoms with Crippen LogP contribution < -0.4 is 5.32 Å². The number of hydrogen-bond acceptors (Lipinski definition) is 6. The molecule has 0 aliphatic carbocycles. The molecule has 0 bridgehead atoms. The van der Waals surface area contributed by atoms with Crippen molar-refractivity contribution in [1.82, 2.24) is 10.2 Å². The smallest absolute Gasteiger partial charge is 0.284 e. The van der Waals surface area contributed by atoms with E-state index in [1.54, 1.807) is 19.1 Å². The average molecular weight is 394 g/mol. The van der Waals surface area contributed by atoms with Gasteiger partial charge in [0.05, 0.1) is 11.5 Å². The molecule has 0 radical (unpaired) electrons. The van der Waals surface area contributed by atoms with Crippen molar-refractivity contribution in [2.24, 2.45) is 0 Å². The van der Waals surface area contributed by atoms with Gasteiger partial charge >= 0.3 is 0 Å².